The smallest absolute Gasteiger partial charge is 1.00 e. The predicted molar refractivity (Wildman–Crippen MR) is 73.1 cm³/mol. The van der Waals surface area contributed by atoms with Gasteiger partial charge in [-0.05, 0) is 12.1 Å². The van der Waals surface area contributed by atoms with Crippen LogP contribution in [-0.4, -0.2) is 31.2 Å². The van der Waals surface area contributed by atoms with Crippen molar-refractivity contribution in [1.29, 1.82) is 0 Å². The topological polar surface area (TPSA) is 28.2 Å². The van der Waals surface area contributed by atoms with Crippen molar-refractivity contribution in [3.05, 3.63) is 24.5 Å². The van der Waals surface area contributed by atoms with E-state index in [2.05, 4.69) is 38.0 Å². The molecule has 4 heteroatoms. The van der Waals surface area contributed by atoms with Gasteiger partial charge < -0.3 is 11.6 Å². The van der Waals surface area contributed by atoms with Crippen LogP contribution < -0.4 is 29.1 Å². The van der Waals surface area contributed by atoms with Crippen LogP contribution in [0.4, 0.5) is 5.69 Å². The first-order valence-corrected chi connectivity index (χ1v) is 5.77. The van der Waals surface area contributed by atoms with Gasteiger partial charge in [0.15, 0.2) is 0 Å². The minimum atomic E-state index is 0. The average Bonchev–Trinajstić information content (AvgIpc) is 2.17. The van der Waals surface area contributed by atoms with Crippen LogP contribution >= 0.6 is 0 Å². The number of rotatable bonds is 3. The quantitative estimate of drug-likeness (QED) is 0.721. The molecule has 1 heterocycles. The van der Waals surface area contributed by atoms with E-state index >= 15 is 0 Å². The summed E-state index contributed by atoms with van der Waals surface area (Å²) in [6.45, 7) is 8.61. The molecule has 0 spiro atoms. The molecule has 1 aromatic heterocycles. The van der Waals surface area contributed by atoms with Crippen LogP contribution in [0.3, 0.4) is 0 Å². The summed E-state index contributed by atoms with van der Waals surface area (Å²) >= 11 is 0. The Labute approximate surface area is 120 Å². The van der Waals surface area contributed by atoms with Crippen LogP contribution in [0, 0.1) is 0 Å². The van der Waals surface area contributed by atoms with Gasteiger partial charge in [-0.15, -0.1) is 0 Å². The Hall–Kier alpha value is -0.493. The van der Waals surface area contributed by atoms with Crippen molar-refractivity contribution in [2.75, 3.05) is 19.0 Å². The minimum absolute atomic E-state index is 0. The zero-order chi connectivity index (χ0) is 12.6. The molecule has 0 saturated heterocycles. The molecule has 1 rings (SSSR count). The summed E-state index contributed by atoms with van der Waals surface area (Å²) in [4.78, 5) is 5.99. The summed E-state index contributed by atoms with van der Waals surface area (Å²) in [6, 6.07) is 5.20. The fourth-order valence-corrected chi connectivity index (χ4v) is 1.28. The van der Waals surface area contributed by atoms with Crippen molar-refractivity contribution in [3.8, 4) is 0 Å². The third-order valence-electron chi connectivity index (χ3n) is 1.83. The third kappa shape index (κ3) is 11.8. The Morgan fingerprint density at radius 3 is 1.88 bits per heavy atom. The van der Waals surface area contributed by atoms with E-state index in [0.717, 1.165) is 5.69 Å². The molecule has 0 saturated carbocycles. The summed E-state index contributed by atoms with van der Waals surface area (Å²) in [5.74, 6) is 0. The van der Waals surface area contributed by atoms with E-state index in [9.17, 15) is 0 Å². The maximum Gasteiger partial charge on any atom is 1.00 e. The second-order valence-electron chi connectivity index (χ2n) is 4.58. The van der Waals surface area contributed by atoms with Crippen LogP contribution in [0.25, 0.3) is 0 Å². The molecule has 0 fully saturated rings. The molecular weight excluding hydrogens is 205 g/mol. The molecule has 0 radical (unpaired) electrons. The van der Waals surface area contributed by atoms with Crippen LogP contribution in [0.5, 0.6) is 0 Å². The van der Waals surface area contributed by atoms with Crippen molar-refractivity contribution in [2.45, 2.75) is 39.8 Å². The number of nitrogens with one attached hydrogen (secondary N) is 1. The van der Waals surface area contributed by atoms with Crippen molar-refractivity contribution < 1.29 is 20.3 Å². The maximum atomic E-state index is 3.96. The molecule has 0 atom stereocenters. The number of hydrogen-bond donors (Lipinski definition) is 1. The van der Waals surface area contributed by atoms with Crippen molar-refractivity contribution >= 4 is 5.69 Å². The van der Waals surface area contributed by atoms with E-state index in [0.29, 0.717) is 12.1 Å². The second-order valence-corrected chi connectivity index (χ2v) is 4.58. The summed E-state index contributed by atoms with van der Waals surface area (Å²) in [5.41, 5.74) is 1.14. The SMILES string of the molecule is CC(C)NC(C)C.CN(C)c1cccnc1.[H-].[Li+]. The van der Waals surface area contributed by atoms with Crippen LogP contribution in [0.2, 0.25) is 0 Å². The summed E-state index contributed by atoms with van der Waals surface area (Å²) in [6.07, 6.45) is 3.60. The van der Waals surface area contributed by atoms with E-state index in [1.54, 1.807) is 6.20 Å². The van der Waals surface area contributed by atoms with Gasteiger partial charge >= 0.3 is 18.9 Å². The van der Waals surface area contributed by atoms with Crippen LogP contribution in [0.1, 0.15) is 29.1 Å². The molecule has 94 valence electrons. The van der Waals surface area contributed by atoms with Gasteiger partial charge in [0.05, 0.1) is 11.9 Å². The van der Waals surface area contributed by atoms with Gasteiger partial charge in [0.1, 0.15) is 0 Å². The minimum Gasteiger partial charge on any atom is -1.00 e. The number of aromatic nitrogens is 1. The molecule has 0 aromatic carbocycles. The fourth-order valence-electron chi connectivity index (χ4n) is 1.28. The van der Waals surface area contributed by atoms with E-state index in [1.807, 2.05) is 37.3 Å². The molecule has 0 bridgehead atoms. The molecule has 3 nitrogen and oxygen atoms in total. The molecule has 1 aromatic rings. The first-order chi connectivity index (χ1) is 7.43. The summed E-state index contributed by atoms with van der Waals surface area (Å²) in [5, 5.41) is 3.31. The molecule has 17 heavy (non-hydrogen) atoms. The zero-order valence-electron chi connectivity index (χ0n) is 13.4. The third-order valence-corrected chi connectivity index (χ3v) is 1.83. The van der Waals surface area contributed by atoms with Crippen molar-refractivity contribution in [2.24, 2.45) is 0 Å². The number of nitrogens with zero attached hydrogens (tertiary/aromatic N) is 2. The van der Waals surface area contributed by atoms with Crippen molar-refractivity contribution in [1.82, 2.24) is 10.3 Å². The first kappa shape index (κ1) is 18.9. The van der Waals surface area contributed by atoms with Gasteiger partial charge in [0.2, 0.25) is 0 Å². The second kappa shape index (κ2) is 10.6. The molecule has 0 unspecified atom stereocenters. The average molecular weight is 231 g/mol. The van der Waals surface area contributed by atoms with Gasteiger partial charge in [0.25, 0.3) is 0 Å². The Kier molecular flexibility index (Phi) is 11.8. The molecular formula is C13H26LiN3. The Morgan fingerprint density at radius 2 is 1.71 bits per heavy atom. The van der Waals surface area contributed by atoms with E-state index in [-0.39, 0.29) is 20.3 Å². The van der Waals surface area contributed by atoms with Gasteiger partial charge in [-0.2, -0.15) is 0 Å². The molecule has 1 N–H and O–H groups in total. The van der Waals surface area contributed by atoms with Gasteiger partial charge in [-0.3, -0.25) is 4.98 Å². The standard InChI is InChI=1S/C7H10N2.C6H15N.Li.H/c1-9(2)7-4-3-5-8-6-7;1-5(2)7-6(3)4;;/h3-6H,1-2H3;5-7H,1-4H3;;/q;;+1;-1. The fraction of sp³-hybridized carbons (Fsp3) is 0.615. The number of pyridine rings is 1. The predicted octanol–water partition coefficient (Wildman–Crippen LogP) is -0.343. The van der Waals surface area contributed by atoms with Gasteiger partial charge in [0, 0.05) is 32.4 Å². The van der Waals surface area contributed by atoms with E-state index in [4.69, 9.17) is 0 Å². The zero-order valence-corrected chi connectivity index (χ0v) is 12.4. The van der Waals surface area contributed by atoms with Gasteiger partial charge in [-0.25, -0.2) is 0 Å². The number of hydrogen-bond acceptors (Lipinski definition) is 3. The number of anilines is 1. The molecule has 0 aliphatic heterocycles. The van der Waals surface area contributed by atoms with Crippen LogP contribution in [0.15, 0.2) is 24.5 Å². The molecule has 0 amide bonds. The molecule has 0 aliphatic rings. The molecule has 0 aliphatic carbocycles. The first-order valence-electron chi connectivity index (χ1n) is 5.77. The Morgan fingerprint density at radius 1 is 1.18 bits per heavy atom. The Bertz CT molecular complexity index is 260. The largest absolute Gasteiger partial charge is 1.00 e. The van der Waals surface area contributed by atoms with E-state index < -0.39 is 0 Å². The van der Waals surface area contributed by atoms with E-state index in [1.165, 1.54) is 0 Å². The van der Waals surface area contributed by atoms with Crippen molar-refractivity contribution in [3.63, 3.8) is 0 Å². The summed E-state index contributed by atoms with van der Waals surface area (Å²) in [7, 11) is 3.99. The normalized spacial score (nSPS) is 9.41. The maximum absolute atomic E-state index is 3.96. The van der Waals surface area contributed by atoms with Crippen LogP contribution in [-0.2, 0) is 0 Å². The Balaban J connectivity index is -0.000000232. The summed E-state index contributed by atoms with van der Waals surface area (Å²) < 4.78 is 0. The van der Waals surface area contributed by atoms with Gasteiger partial charge in [-0.1, -0.05) is 27.7 Å². The monoisotopic (exact) mass is 231 g/mol.